The number of aromatic nitrogens is 2. The second-order valence-corrected chi connectivity index (χ2v) is 7.70. The third kappa shape index (κ3) is 10.1. The molecule has 1 aromatic heterocycles. The number of rotatable bonds is 12. The molecule has 154 valence electrons. The van der Waals surface area contributed by atoms with Crippen LogP contribution >= 0.6 is 0 Å². The number of allylic oxidation sites excluding steroid dienone is 1. The molecule has 0 saturated heterocycles. The molecule has 0 aliphatic rings. The minimum atomic E-state index is 0.733. The third-order valence-electron chi connectivity index (χ3n) is 5.02. The van der Waals surface area contributed by atoms with Gasteiger partial charge in [0.1, 0.15) is 5.69 Å². The number of unbranched alkanes of at least 4 members (excludes halogenated alkanes) is 8. The first-order valence-corrected chi connectivity index (χ1v) is 11.4. The number of hydrogen-bond acceptors (Lipinski definition) is 2. The van der Waals surface area contributed by atoms with Gasteiger partial charge in [-0.2, -0.15) is 5.10 Å². The van der Waals surface area contributed by atoms with Crippen molar-refractivity contribution in [3.63, 3.8) is 0 Å². The van der Waals surface area contributed by atoms with E-state index in [1.165, 1.54) is 63.4 Å². The number of nitrogens with zero attached hydrogens (tertiary/aromatic N) is 2. The fourth-order valence-electron chi connectivity index (χ4n) is 3.20. The van der Waals surface area contributed by atoms with E-state index in [2.05, 4.69) is 78.4 Å². The minimum absolute atomic E-state index is 0.733. The fraction of sp³-hybridized carbons (Fsp3) is 0.481. The van der Waals surface area contributed by atoms with Gasteiger partial charge in [-0.3, -0.25) is 0 Å². The van der Waals surface area contributed by atoms with Crippen molar-refractivity contribution in [2.45, 2.75) is 84.5 Å². The van der Waals surface area contributed by atoms with E-state index in [0.717, 1.165) is 29.8 Å². The maximum atomic E-state index is 4.34. The fourth-order valence-corrected chi connectivity index (χ4v) is 3.20. The molecule has 0 saturated carbocycles. The van der Waals surface area contributed by atoms with E-state index in [4.69, 9.17) is 0 Å². The summed E-state index contributed by atoms with van der Waals surface area (Å²) in [5, 5.41) is 8.62. The molecule has 2 aromatic rings. The average Bonchev–Trinajstić information content (AvgIpc) is 2.76. The first-order valence-electron chi connectivity index (χ1n) is 11.4. The van der Waals surface area contributed by atoms with Crippen LogP contribution in [0.25, 0.3) is 6.08 Å². The Kier molecular flexibility index (Phi) is 11.5. The first kappa shape index (κ1) is 22.9. The van der Waals surface area contributed by atoms with E-state index in [1.54, 1.807) is 0 Å². The second-order valence-electron chi connectivity index (χ2n) is 7.70. The maximum absolute atomic E-state index is 4.34. The van der Waals surface area contributed by atoms with Gasteiger partial charge in [-0.25, -0.2) is 0 Å². The van der Waals surface area contributed by atoms with Gasteiger partial charge in [0.05, 0.1) is 5.69 Å². The van der Waals surface area contributed by atoms with Crippen molar-refractivity contribution < 1.29 is 0 Å². The lowest BCUT2D eigenvalue weighted by atomic mass is 10.1. The molecule has 1 heterocycles. The predicted octanol–water partition coefficient (Wildman–Crippen LogP) is 7.37. The molecule has 1 aromatic carbocycles. The van der Waals surface area contributed by atoms with Crippen molar-refractivity contribution in [3.05, 3.63) is 65.0 Å². The van der Waals surface area contributed by atoms with E-state index < -0.39 is 0 Å². The first-order chi connectivity index (χ1) is 14.3. The Hall–Kier alpha value is -2.40. The molecule has 2 nitrogen and oxygen atoms in total. The number of benzene rings is 1. The van der Waals surface area contributed by atoms with E-state index in [0.29, 0.717) is 0 Å². The molecule has 0 bridgehead atoms. The summed E-state index contributed by atoms with van der Waals surface area (Å²) in [6.07, 6.45) is 18.4. The Bertz CT molecular complexity index is 761. The highest BCUT2D eigenvalue weighted by Gasteiger charge is 1.98. The third-order valence-corrected chi connectivity index (χ3v) is 5.02. The molecule has 0 N–H and O–H groups in total. The Balaban J connectivity index is 1.72. The van der Waals surface area contributed by atoms with Gasteiger partial charge < -0.3 is 0 Å². The monoisotopic (exact) mass is 388 g/mol. The van der Waals surface area contributed by atoms with E-state index in [-0.39, 0.29) is 0 Å². The highest BCUT2D eigenvalue weighted by molar-refractivity contribution is 5.52. The molecule has 0 aliphatic carbocycles. The van der Waals surface area contributed by atoms with Crippen LogP contribution in [-0.4, -0.2) is 10.2 Å². The van der Waals surface area contributed by atoms with Crippen LogP contribution in [0.2, 0.25) is 0 Å². The van der Waals surface area contributed by atoms with Crippen LogP contribution in [0, 0.1) is 11.8 Å². The van der Waals surface area contributed by atoms with Crippen molar-refractivity contribution in [2.75, 3.05) is 0 Å². The van der Waals surface area contributed by atoms with Crippen LogP contribution in [0.15, 0.2) is 42.5 Å². The van der Waals surface area contributed by atoms with Crippen molar-refractivity contribution >= 4 is 6.08 Å². The van der Waals surface area contributed by atoms with E-state index >= 15 is 0 Å². The summed E-state index contributed by atoms with van der Waals surface area (Å²) < 4.78 is 0. The van der Waals surface area contributed by atoms with Crippen LogP contribution < -0.4 is 0 Å². The summed E-state index contributed by atoms with van der Waals surface area (Å²) >= 11 is 0. The minimum Gasteiger partial charge on any atom is -0.154 e. The normalized spacial score (nSPS) is 10.8. The van der Waals surface area contributed by atoms with Gasteiger partial charge in [-0.15, -0.1) is 5.10 Å². The van der Waals surface area contributed by atoms with Gasteiger partial charge in [0.2, 0.25) is 0 Å². The summed E-state index contributed by atoms with van der Waals surface area (Å²) in [6, 6.07) is 12.4. The quantitative estimate of drug-likeness (QED) is 0.280. The highest BCUT2D eigenvalue weighted by atomic mass is 15.1. The SMILES string of the molecule is CCC/C=C/c1ccc(C#Cc2ccc(CCCCCCCCCC)nn2)cc1. The summed E-state index contributed by atoms with van der Waals surface area (Å²) in [5.41, 5.74) is 4.03. The Morgan fingerprint density at radius 2 is 1.45 bits per heavy atom. The van der Waals surface area contributed by atoms with Crippen LogP contribution in [0.4, 0.5) is 0 Å². The van der Waals surface area contributed by atoms with Crippen molar-refractivity contribution in [2.24, 2.45) is 0 Å². The zero-order chi connectivity index (χ0) is 20.6. The Labute approximate surface area is 177 Å². The van der Waals surface area contributed by atoms with Crippen LogP contribution in [0.3, 0.4) is 0 Å². The van der Waals surface area contributed by atoms with E-state index in [1.807, 2.05) is 6.07 Å². The molecule has 2 heteroatoms. The average molecular weight is 389 g/mol. The van der Waals surface area contributed by atoms with Gasteiger partial charge in [-0.1, -0.05) is 95.4 Å². The molecule has 0 amide bonds. The number of hydrogen-bond donors (Lipinski definition) is 0. The summed E-state index contributed by atoms with van der Waals surface area (Å²) in [7, 11) is 0. The lowest BCUT2D eigenvalue weighted by molar-refractivity contribution is 0.573. The Morgan fingerprint density at radius 1 is 0.724 bits per heavy atom. The largest absolute Gasteiger partial charge is 0.154 e. The molecule has 0 spiro atoms. The number of aryl methyl sites for hydroxylation is 1. The van der Waals surface area contributed by atoms with E-state index in [9.17, 15) is 0 Å². The topological polar surface area (TPSA) is 25.8 Å². The highest BCUT2D eigenvalue weighted by Crippen LogP contribution is 2.10. The molecule has 2 rings (SSSR count). The zero-order valence-corrected chi connectivity index (χ0v) is 18.3. The zero-order valence-electron chi connectivity index (χ0n) is 18.3. The molecular weight excluding hydrogens is 352 g/mol. The van der Waals surface area contributed by atoms with Gasteiger partial charge in [-0.05, 0) is 55.0 Å². The molecule has 0 unspecified atom stereocenters. The van der Waals surface area contributed by atoms with Crippen molar-refractivity contribution in [1.82, 2.24) is 10.2 Å². The van der Waals surface area contributed by atoms with Gasteiger partial charge in [0.15, 0.2) is 0 Å². The van der Waals surface area contributed by atoms with Gasteiger partial charge in [0.25, 0.3) is 0 Å². The summed E-state index contributed by atoms with van der Waals surface area (Å²) in [6.45, 7) is 4.46. The van der Waals surface area contributed by atoms with Crippen LogP contribution in [0.1, 0.15) is 101 Å². The lowest BCUT2D eigenvalue weighted by Gasteiger charge is -2.01. The molecular formula is C27H36N2. The van der Waals surface area contributed by atoms with Gasteiger partial charge >= 0.3 is 0 Å². The summed E-state index contributed by atoms with van der Waals surface area (Å²) in [4.78, 5) is 0. The molecule has 0 radical (unpaired) electrons. The smallest absolute Gasteiger partial charge is 0.136 e. The Morgan fingerprint density at radius 3 is 2.10 bits per heavy atom. The second kappa shape index (κ2) is 14.6. The molecule has 29 heavy (non-hydrogen) atoms. The molecule has 0 aliphatic heterocycles. The summed E-state index contributed by atoms with van der Waals surface area (Å²) in [5.74, 6) is 6.30. The standard InChI is InChI=1S/C27H36N2/c1-3-5-7-8-9-10-11-13-15-26-22-23-27(29-28-26)21-20-25-18-16-24(17-19-25)14-12-6-4-2/h12,14,16-19,22-23H,3-11,13,15H2,1-2H3/b14-12+. The van der Waals surface area contributed by atoms with Crippen LogP contribution in [0.5, 0.6) is 0 Å². The van der Waals surface area contributed by atoms with Crippen molar-refractivity contribution in [1.29, 1.82) is 0 Å². The van der Waals surface area contributed by atoms with Gasteiger partial charge in [0, 0.05) is 5.56 Å². The maximum Gasteiger partial charge on any atom is 0.136 e. The van der Waals surface area contributed by atoms with Crippen molar-refractivity contribution in [3.8, 4) is 11.8 Å². The molecule has 0 atom stereocenters. The lowest BCUT2D eigenvalue weighted by Crippen LogP contribution is -1.95. The molecule has 0 fully saturated rings. The van der Waals surface area contributed by atoms with Crippen LogP contribution in [-0.2, 0) is 6.42 Å². The predicted molar refractivity (Wildman–Crippen MR) is 125 cm³/mol.